The van der Waals surface area contributed by atoms with Gasteiger partial charge < -0.3 is 9.80 Å². The summed E-state index contributed by atoms with van der Waals surface area (Å²) in [5, 5.41) is 1.29. The van der Waals surface area contributed by atoms with Crippen LogP contribution in [0.1, 0.15) is 31.2 Å². The van der Waals surface area contributed by atoms with Crippen LogP contribution in [0.3, 0.4) is 0 Å². The van der Waals surface area contributed by atoms with Crippen LogP contribution in [0.4, 0.5) is 0 Å². The van der Waals surface area contributed by atoms with Crippen LogP contribution in [0.15, 0.2) is 17.0 Å². The molecule has 2 saturated heterocycles. The minimum atomic E-state index is 0.212. The van der Waals surface area contributed by atoms with E-state index >= 15 is 0 Å². The Hall–Kier alpha value is -0.420. The number of piperidine rings is 1. The molecular weight excluding hydrogens is 363 g/mol. The minimum Gasteiger partial charge on any atom is -0.342 e. The molecule has 132 valence electrons. The fraction of sp³-hybridized carbons (Fsp3) is 0.611. The lowest BCUT2D eigenvalue weighted by Gasteiger charge is -2.36. The third kappa shape index (κ3) is 4.40. The van der Waals surface area contributed by atoms with E-state index in [2.05, 4.69) is 4.90 Å². The molecule has 3 rings (SSSR count). The summed E-state index contributed by atoms with van der Waals surface area (Å²) in [6.45, 7) is 6.20. The lowest BCUT2D eigenvalue weighted by molar-refractivity contribution is -0.129. The average Bonchev–Trinajstić information content (AvgIpc) is 3.11. The molecule has 0 N–H and O–H groups in total. The SMILES string of the molecule is Cc1cc(SCC(=O)N2CCC(N3CCCC3)CC2)c(Cl)cc1Cl. The van der Waals surface area contributed by atoms with Crippen molar-refractivity contribution in [1.29, 1.82) is 0 Å². The van der Waals surface area contributed by atoms with Crippen molar-refractivity contribution in [3.8, 4) is 0 Å². The number of amides is 1. The van der Waals surface area contributed by atoms with Crippen LogP contribution in [-0.2, 0) is 4.79 Å². The van der Waals surface area contributed by atoms with Crippen molar-refractivity contribution < 1.29 is 4.79 Å². The molecule has 0 saturated carbocycles. The number of hydrogen-bond acceptors (Lipinski definition) is 3. The summed E-state index contributed by atoms with van der Waals surface area (Å²) in [7, 11) is 0. The highest BCUT2D eigenvalue weighted by Crippen LogP contribution is 2.32. The van der Waals surface area contributed by atoms with Gasteiger partial charge in [-0.2, -0.15) is 0 Å². The fourth-order valence-electron chi connectivity index (χ4n) is 3.56. The standard InChI is InChI=1S/C18H24Cl2N2OS/c1-13-10-17(16(20)11-15(13)19)24-12-18(23)22-8-4-14(5-9-22)21-6-2-3-7-21/h10-11,14H,2-9,12H2,1H3. The molecule has 0 spiro atoms. The Morgan fingerprint density at radius 3 is 2.46 bits per heavy atom. The average molecular weight is 387 g/mol. The Labute approximate surface area is 158 Å². The number of hydrogen-bond donors (Lipinski definition) is 0. The third-order valence-electron chi connectivity index (χ3n) is 5.04. The maximum absolute atomic E-state index is 12.5. The summed E-state index contributed by atoms with van der Waals surface area (Å²) >= 11 is 13.8. The van der Waals surface area contributed by atoms with Crippen molar-refractivity contribution in [1.82, 2.24) is 9.80 Å². The lowest BCUT2D eigenvalue weighted by atomic mass is 10.0. The summed E-state index contributed by atoms with van der Waals surface area (Å²) in [6.07, 6.45) is 4.88. The number of halogens is 2. The van der Waals surface area contributed by atoms with Gasteiger partial charge in [0.15, 0.2) is 0 Å². The first-order valence-corrected chi connectivity index (χ1v) is 10.4. The summed E-state index contributed by atoms with van der Waals surface area (Å²) < 4.78 is 0. The number of rotatable bonds is 4. The molecule has 1 aromatic carbocycles. The molecule has 0 atom stereocenters. The maximum Gasteiger partial charge on any atom is 0.232 e. The van der Waals surface area contributed by atoms with Gasteiger partial charge in [0, 0.05) is 29.0 Å². The molecule has 2 aliphatic rings. The fourth-order valence-corrected chi connectivity index (χ4v) is 5.02. The van der Waals surface area contributed by atoms with Gasteiger partial charge in [-0.05, 0) is 63.4 Å². The molecule has 1 aromatic rings. The summed E-state index contributed by atoms with van der Waals surface area (Å²) in [5.41, 5.74) is 0.988. The second kappa shape index (κ2) is 8.31. The van der Waals surface area contributed by atoms with Crippen LogP contribution in [-0.4, -0.2) is 53.7 Å². The summed E-state index contributed by atoms with van der Waals surface area (Å²) in [6, 6.07) is 4.40. The molecule has 0 radical (unpaired) electrons. The second-order valence-electron chi connectivity index (χ2n) is 6.68. The van der Waals surface area contributed by atoms with E-state index in [0.717, 1.165) is 36.4 Å². The lowest BCUT2D eigenvalue weighted by Crippen LogP contribution is -2.46. The van der Waals surface area contributed by atoms with Gasteiger partial charge in [-0.25, -0.2) is 0 Å². The highest BCUT2D eigenvalue weighted by atomic mass is 35.5. The Kier molecular flexibility index (Phi) is 6.36. The smallest absolute Gasteiger partial charge is 0.232 e. The molecule has 2 heterocycles. The van der Waals surface area contributed by atoms with Crippen molar-refractivity contribution in [2.45, 2.75) is 43.5 Å². The molecule has 0 aliphatic carbocycles. The quantitative estimate of drug-likeness (QED) is 0.712. The van der Waals surface area contributed by atoms with E-state index in [1.165, 1.54) is 37.7 Å². The number of likely N-dealkylation sites (tertiary alicyclic amines) is 2. The normalized spacial score (nSPS) is 19.9. The van der Waals surface area contributed by atoms with Crippen LogP contribution in [0.5, 0.6) is 0 Å². The van der Waals surface area contributed by atoms with Crippen LogP contribution in [0.25, 0.3) is 0 Å². The van der Waals surface area contributed by atoms with E-state index in [4.69, 9.17) is 23.2 Å². The highest BCUT2D eigenvalue weighted by molar-refractivity contribution is 8.00. The molecular formula is C18H24Cl2N2OS. The Morgan fingerprint density at radius 2 is 1.79 bits per heavy atom. The van der Waals surface area contributed by atoms with Gasteiger partial charge in [-0.15, -0.1) is 11.8 Å². The molecule has 2 fully saturated rings. The summed E-state index contributed by atoms with van der Waals surface area (Å²) in [5.74, 6) is 0.651. The molecule has 2 aliphatic heterocycles. The largest absolute Gasteiger partial charge is 0.342 e. The van der Waals surface area contributed by atoms with Crippen molar-refractivity contribution in [3.05, 3.63) is 27.7 Å². The molecule has 3 nitrogen and oxygen atoms in total. The van der Waals surface area contributed by atoms with E-state index in [-0.39, 0.29) is 5.91 Å². The van der Waals surface area contributed by atoms with Gasteiger partial charge in [-0.3, -0.25) is 4.79 Å². The van der Waals surface area contributed by atoms with E-state index in [1.807, 2.05) is 17.9 Å². The zero-order chi connectivity index (χ0) is 17.1. The number of carbonyl (C=O) groups is 1. The van der Waals surface area contributed by atoms with Crippen LogP contribution in [0, 0.1) is 6.92 Å². The van der Waals surface area contributed by atoms with Gasteiger partial charge in [0.05, 0.1) is 10.8 Å². The first-order valence-electron chi connectivity index (χ1n) is 8.65. The second-order valence-corrected chi connectivity index (χ2v) is 8.51. The van der Waals surface area contributed by atoms with Gasteiger partial charge >= 0.3 is 0 Å². The Morgan fingerprint density at radius 1 is 1.12 bits per heavy atom. The number of thioether (sulfide) groups is 1. The molecule has 0 bridgehead atoms. The van der Waals surface area contributed by atoms with Crippen molar-refractivity contribution >= 4 is 40.9 Å². The molecule has 0 aromatic heterocycles. The molecule has 6 heteroatoms. The van der Waals surface area contributed by atoms with Gasteiger partial charge in [0.2, 0.25) is 5.91 Å². The zero-order valence-corrected chi connectivity index (χ0v) is 16.4. The number of nitrogens with zero attached hydrogens (tertiary/aromatic N) is 2. The van der Waals surface area contributed by atoms with E-state index in [0.29, 0.717) is 21.8 Å². The first-order chi connectivity index (χ1) is 11.5. The van der Waals surface area contributed by atoms with E-state index in [9.17, 15) is 4.79 Å². The molecule has 24 heavy (non-hydrogen) atoms. The summed E-state index contributed by atoms with van der Waals surface area (Å²) in [4.78, 5) is 18.0. The predicted octanol–water partition coefficient (Wildman–Crippen LogP) is 4.48. The van der Waals surface area contributed by atoms with Gasteiger partial charge in [0.25, 0.3) is 0 Å². The van der Waals surface area contributed by atoms with Crippen LogP contribution in [0.2, 0.25) is 10.0 Å². The van der Waals surface area contributed by atoms with Crippen LogP contribution < -0.4 is 0 Å². The van der Waals surface area contributed by atoms with Gasteiger partial charge in [0.1, 0.15) is 0 Å². The highest BCUT2D eigenvalue weighted by Gasteiger charge is 2.28. The molecule has 1 amide bonds. The topological polar surface area (TPSA) is 23.6 Å². The predicted molar refractivity (Wildman–Crippen MR) is 102 cm³/mol. The number of aryl methyl sites for hydroxylation is 1. The first kappa shape index (κ1) is 18.4. The number of carbonyl (C=O) groups excluding carboxylic acids is 1. The third-order valence-corrected chi connectivity index (χ3v) is 6.91. The maximum atomic E-state index is 12.5. The Balaban J connectivity index is 1.48. The zero-order valence-electron chi connectivity index (χ0n) is 14.1. The Bertz CT molecular complexity index is 597. The van der Waals surface area contributed by atoms with Crippen molar-refractivity contribution in [2.75, 3.05) is 31.9 Å². The van der Waals surface area contributed by atoms with E-state index < -0.39 is 0 Å². The van der Waals surface area contributed by atoms with Gasteiger partial charge in [-0.1, -0.05) is 23.2 Å². The van der Waals surface area contributed by atoms with E-state index in [1.54, 1.807) is 6.07 Å². The monoisotopic (exact) mass is 386 g/mol. The molecule has 0 unspecified atom stereocenters. The minimum absolute atomic E-state index is 0.212. The van der Waals surface area contributed by atoms with Crippen LogP contribution >= 0.6 is 35.0 Å². The van der Waals surface area contributed by atoms with Crippen molar-refractivity contribution in [2.24, 2.45) is 0 Å². The van der Waals surface area contributed by atoms with Crippen molar-refractivity contribution in [3.63, 3.8) is 0 Å². The number of benzene rings is 1.